The predicted molar refractivity (Wildman–Crippen MR) is 103 cm³/mol. The molecular formula is C19H22Cl2N2O3. The Morgan fingerprint density at radius 2 is 1.88 bits per heavy atom. The van der Waals surface area contributed by atoms with Crippen molar-refractivity contribution in [2.45, 2.75) is 32.9 Å². The van der Waals surface area contributed by atoms with Gasteiger partial charge in [0.25, 0.3) is 0 Å². The molecule has 0 radical (unpaired) electrons. The van der Waals surface area contributed by atoms with Crippen LogP contribution in [-0.4, -0.2) is 39.8 Å². The number of rotatable bonds is 5. The minimum absolute atomic E-state index is 0.113. The summed E-state index contributed by atoms with van der Waals surface area (Å²) in [5.74, 6) is 0. The molecule has 1 amide bonds. The van der Waals surface area contributed by atoms with E-state index in [2.05, 4.69) is 4.98 Å². The van der Waals surface area contributed by atoms with Gasteiger partial charge in [0.15, 0.2) is 0 Å². The van der Waals surface area contributed by atoms with Gasteiger partial charge in [-0.3, -0.25) is 0 Å². The Labute approximate surface area is 163 Å². The number of nitrogens with zero attached hydrogens (tertiary/aromatic N) is 2. The largest absolute Gasteiger partial charge is 0.444 e. The van der Waals surface area contributed by atoms with Gasteiger partial charge in [0.1, 0.15) is 10.8 Å². The molecule has 2 aromatic rings. The molecule has 140 valence electrons. The summed E-state index contributed by atoms with van der Waals surface area (Å²) in [5.41, 5.74) is 1.57. The number of halogens is 2. The lowest BCUT2D eigenvalue weighted by molar-refractivity contribution is 0.0202. The highest BCUT2D eigenvalue weighted by molar-refractivity contribution is 6.34. The van der Waals surface area contributed by atoms with Crippen molar-refractivity contribution in [3.05, 3.63) is 52.3 Å². The van der Waals surface area contributed by atoms with Gasteiger partial charge in [0, 0.05) is 28.9 Å². The molecule has 1 heterocycles. The first-order valence-electron chi connectivity index (χ1n) is 8.20. The maximum absolute atomic E-state index is 12.5. The maximum atomic E-state index is 12.5. The van der Waals surface area contributed by atoms with Crippen molar-refractivity contribution in [2.75, 3.05) is 13.2 Å². The van der Waals surface area contributed by atoms with E-state index in [0.717, 1.165) is 11.1 Å². The molecule has 0 aliphatic carbocycles. The summed E-state index contributed by atoms with van der Waals surface area (Å²) in [6, 6.07) is 9.18. The third-order valence-corrected chi connectivity index (χ3v) is 4.19. The van der Waals surface area contributed by atoms with Crippen LogP contribution in [0.1, 0.15) is 26.3 Å². The molecule has 0 fully saturated rings. The van der Waals surface area contributed by atoms with Crippen molar-refractivity contribution in [3.8, 4) is 11.1 Å². The molecule has 0 saturated carbocycles. The molecule has 0 unspecified atom stereocenters. The number of amides is 1. The van der Waals surface area contributed by atoms with E-state index in [9.17, 15) is 9.90 Å². The highest BCUT2D eigenvalue weighted by atomic mass is 35.5. The molecule has 2 rings (SSSR count). The summed E-state index contributed by atoms with van der Waals surface area (Å²) < 4.78 is 5.42. The number of aliphatic hydroxyl groups excluding tert-OH is 1. The van der Waals surface area contributed by atoms with Crippen LogP contribution in [-0.2, 0) is 11.3 Å². The van der Waals surface area contributed by atoms with Crippen molar-refractivity contribution in [3.63, 3.8) is 0 Å². The topological polar surface area (TPSA) is 62.7 Å². The Hall–Kier alpha value is -1.82. The van der Waals surface area contributed by atoms with E-state index < -0.39 is 11.7 Å². The minimum Gasteiger partial charge on any atom is -0.444 e. The Balaban J connectivity index is 2.40. The van der Waals surface area contributed by atoms with Crippen LogP contribution < -0.4 is 0 Å². The zero-order valence-electron chi connectivity index (χ0n) is 15.0. The first-order chi connectivity index (χ1) is 12.2. The van der Waals surface area contributed by atoms with Crippen molar-refractivity contribution in [1.29, 1.82) is 0 Å². The standard InChI is InChI=1S/C19H22Cl2N2O3/c1-19(2,3)26-18(25)23(10-11-24)12-15-13(8-9-22-17(15)21)14-6-4-5-7-16(14)20/h4-9,24H,10-12H2,1-3H3. The van der Waals surface area contributed by atoms with Crippen LogP contribution in [0.3, 0.4) is 0 Å². The Kier molecular flexibility index (Phi) is 6.87. The van der Waals surface area contributed by atoms with Crippen LogP contribution in [0.15, 0.2) is 36.5 Å². The summed E-state index contributed by atoms with van der Waals surface area (Å²) >= 11 is 12.6. The molecule has 7 heteroatoms. The molecule has 0 spiro atoms. The fraction of sp³-hybridized carbons (Fsp3) is 0.368. The number of carbonyl (C=O) groups excluding carboxylic acids is 1. The van der Waals surface area contributed by atoms with Crippen LogP contribution in [0.5, 0.6) is 0 Å². The molecule has 1 aromatic carbocycles. The highest BCUT2D eigenvalue weighted by Gasteiger charge is 2.24. The third kappa shape index (κ3) is 5.34. The Bertz CT molecular complexity index is 776. The molecule has 0 aliphatic rings. The number of hydrogen-bond acceptors (Lipinski definition) is 4. The van der Waals surface area contributed by atoms with Crippen LogP contribution in [0.2, 0.25) is 10.2 Å². The molecular weight excluding hydrogens is 375 g/mol. The number of hydrogen-bond donors (Lipinski definition) is 1. The molecule has 0 saturated heterocycles. The average molecular weight is 397 g/mol. The number of pyridine rings is 1. The van der Waals surface area contributed by atoms with Crippen LogP contribution in [0.25, 0.3) is 11.1 Å². The van der Waals surface area contributed by atoms with E-state index in [-0.39, 0.29) is 24.8 Å². The summed E-state index contributed by atoms with van der Waals surface area (Å²) in [4.78, 5) is 18.0. The normalized spacial score (nSPS) is 11.3. The highest BCUT2D eigenvalue weighted by Crippen LogP contribution is 2.33. The van der Waals surface area contributed by atoms with Gasteiger partial charge in [-0.05, 0) is 38.5 Å². The number of ether oxygens (including phenoxy) is 1. The maximum Gasteiger partial charge on any atom is 0.410 e. The summed E-state index contributed by atoms with van der Waals surface area (Å²) in [7, 11) is 0. The molecule has 0 atom stereocenters. The third-order valence-electron chi connectivity index (χ3n) is 3.54. The Morgan fingerprint density at radius 3 is 2.50 bits per heavy atom. The molecule has 0 aliphatic heterocycles. The monoisotopic (exact) mass is 396 g/mol. The quantitative estimate of drug-likeness (QED) is 0.738. The van der Waals surface area contributed by atoms with Gasteiger partial charge in [0.05, 0.1) is 13.2 Å². The zero-order valence-corrected chi connectivity index (χ0v) is 16.5. The second kappa shape index (κ2) is 8.71. The number of aromatic nitrogens is 1. The first-order valence-corrected chi connectivity index (χ1v) is 8.95. The van der Waals surface area contributed by atoms with Gasteiger partial charge in [-0.1, -0.05) is 41.4 Å². The second-order valence-electron chi connectivity index (χ2n) is 6.73. The number of benzene rings is 1. The summed E-state index contributed by atoms with van der Waals surface area (Å²) in [6.45, 7) is 5.42. The Morgan fingerprint density at radius 1 is 1.19 bits per heavy atom. The van der Waals surface area contributed by atoms with Gasteiger partial charge in [-0.15, -0.1) is 0 Å². The van der Waals surface area contributed by atoms with Gasteiger partial charge in [-0.25, -0.2) is 9.78 Å². The molecule has 1 aromatic heterocycles. The van der Waals surface area contributed by atoms with E-state index in [0.29, 0.717) is 10.6 Å². The van der Waals surface area contributed by atoms with Crippen molar-refractivity contribution < 1.29 is 14.6 Å². The average Bonchev–Trinajstić information content (AvgIpc) is 2.55. The van der Waals surface area contributed by atoms with Gasteiger partial charge in [0.2, 0.25) is 0 Å². The molecule has 0 bridgehead atoms. The first kappa shape index (κ1) is 20.5. The van der Waals surface area contributed by atoms with Gasteiger partial charge < -0.3 is 14.7 Å². The van der Waals surface area contributed by atoms with Crippen LogP contribution in [0.4, 0.5) is 4.79 Å². The van der Waals surface area contributed by atoms with Crippen LogP contribution in [0, 0.1) is 0 Å². The van der Waals surface area contributed by atoms with Crippen molar-refractivity contribution in [2.24, 2.45) is 0 Å². The molecule has 5 nitrogen and oxygen atoms in total. The SMILES string of the molecule is CC(C)(C)OC(=O)N(CCO)Cc1c(-c2ccccc2Cl)ccnc1Cl. The zero-order chi connectivity index (χ0) is 19.3. The van der Waals surface area contributed by atoms with E-state index in [1.807, 2.05) is 18.2 Å². The van der Waals surface area contributed by atoms with E-state index in [1.54, 1.807) is 39.1 Å². The van der Waals surface area contributed by atoms with Gasteiger partial charge in [-0.2, -0.15) is 0 Å². The van der Waals surface area contributed by atoms with E-state index in [1.165, 1.54) is 4.90 Å². The minimum atomic E-state index is -0.644. The summed E-state index contributed by atoms with van der Waals surface area (Å²) in [5, 5.41) is 10.2. The van der Waals surface area contributed by atoms with E-state index in [4.69, 9.17) is 27.9 Å². The van der Waals surface area contributed by atoms with Crippen molar-refractivity contribution >= 4 is 29.3 Å². The van der Waals surface area contributed by atoms with Gasteiger partial charge >= 0.3 is 6.09 Å². The lowest BCUT2D eigenvalue weighted by Crippen LogP contribution is -2.38. The fourth-order valence-electron chi connectivity index (χ4n) is 2.42. The van der Waals surface area contributed by atoms with Crippen LogP contribution >= 0.6 is 23.2 Å². The predicted octanol–water partition coefficient (Wildman–Crippen LogP) is 4.78. The van der Waals surface area contributed by atoms with Crippen molar-refractivity contribution in [1.82, 2.24) is 9.88 Å². The second-order valence-corrected chi connectivity index (χ2v) is 7.50. The summed E-state index contributed by atoms with van der Waals surface area (Å²) in [6.07, 6.45) is 1.06. The number of aliphatic hydroxyl groups is 1. The molecule has 26 heavy (non-hydrogen) atoms. The smallest absolute Gasteiger partial charge is 0.410 e. The molecule has 1 N–H and O–H groups in total. The lowest BCUT2D eigenvalue weighted by atomic mass is 10.0. The fourth-order valence-corrected chi connectivity index (χ4v) is 2.88. The number of carbonyl (C=O) groups is 1. The lowest BCUT2D eigenvalue weighted by Gasteiger charge is -2.28. The van der Waals surface area contributed by atoms with E-state index >= 15 is 0 Å².